The molecule has 0 saturated heterocycles. The number of allylic oxidation sites excluding steroid dienone is 1. The van der Waals surface area contributed by atoms with Crippen molar-refractivity contribution in [1.29, 1.82) is 0 Å². The summed E-state index contributed by atoms with van der Waals surface area (Å²) in [6, 6.07) is 9.17. The fraction of sp³-hybridized carbons (Fsp3) is 0.0588. The first-order chi connectivity index (χ1) is 12.6. The number of benzene rings is 2. The summed E-state index contributed by atoms with van der Waals surface area (Å²) < 4.78 is 36.8. The maximum absolute atomic E-state index is 12.6. The number of alkyl halides is 3. The topological polar surface area (TPSA) is 58.2 Å². The molecule has 2 aromatic rings. The number of carbonyl (C=O) groups is 2. The Labute approximate surface area is 170 Å². The van der Waals surface area contributed by atoms with Crippen molar-refractivity contribution in [2.45, 2.75) is 6.18 Å². The third-order valence-electron chi connectivity index (χ3n) is 3.15. The minimum atomic E-state index is -4.58. The van der Waals surface area contributed by atoms with Gasteiger partial charge in [-0.2, -0.15) is 13.2 Å². The van der Waals surface area contributed by atoms with Crippen LogP contribution in [0.1, 0.15) is 15.9 Å². The van der Waals surface area contributed by atoms with E-state index in [9.17, 15) is 22.8 Å². The highest BCUT2D eigenvalue weighted by molar-refractivity contribution is 9.11. The molecule has 0 fully saturated rings. The quantitative estimate of drug-likeness (QED) is 0.544. The van der Waals surface area contributed by atoms with Gasteiger partial charge in [-0.25, -0.2) is 4.79 Å². The number of urea groups is 1. The Kier molecular flexibility index (Phi) is 6.91. The van der Waals surface area contributed by atoms with Gasteiger partial charge in [-0.1, -0.05) is 35.3 Å². The second-order valence-electron chi connectivity index (χ2n) is 5.11. The molecule has 0 aliphatic rings. The van der Waals surface area contributed by atoms with Crippen LogP contribution in [0, 0.1) is 0 Å². The van der Waals surface area contributed by atoms with Crippen LogP contribution >= 0.6 is 39.1 Å². The first-order valence-electron chi connectivity index (χ1n) is 7.18. The number of carbonyl (C=O) groups excluding carboxylic acids is 2. The van der Waals surface area contributed by atoms with Crippen molar-refractivity contribution in [1.82, 2.24) is 5.32 Å². The monoisotopic (exact) mass is 480 g/mol. The van der Waals surface area contributed by atoms with Gasteiger partial charge in [0.2, 0.25) is 0 Å². The predicted octanol–water partition coefficient (Wildman–Crippen LogP) is 6.25. The molecule has 0 aliphatic heterocycles. The Morgan fingerprint density at radius 3 is 2.33 bits per heavy atom. The molecule has 2 rings (SSSR count). The molecule has 3 amide bonds. The molecule has 0 atom stereocenters. The summed E-state index contributed by atoms with van der Waals surface area (Å²) in [6.45, 7) is 0. The number of halogens is 6. The lowest BCUT2D eigenvalue weighted by Gasteiger charge is -2.10. The Morgan fingerprint density at radius 2 is 1.70 bits per heavy atom. The molecule has 2 aromatic carbocycles. The molecule has 0 unspecified atom stereocenters. The lowest BCUT2D eigenvalue weighted by molar-refractivity contribution is -0.0820. The maximum Gasteiger partial charge on any atom is 0.422 e. The standard InChI is InChI=1S/C17H10BrCl2F3N2O2/c18-14(17(21,22)23)8-9-7-10(5-6-12(9)19)24-16(27)25-15(26)11-3-1-2-4-13(11)20/h1-8H,(H2,24,25,26,27)/b14-8-. The van der Waals surface area contributed by atoms with E-state index in [0.29, 0.717) is 0 Å². The van der Waals surface area contributed by atoms with E-state index in [1.807, 2.05) is 0 Å². The van der Waals surface area contributed by atoms with E-state index >= 15 is 0 Å². The molecule has 0 aliphatic carbocycles. The lowest BCUT2D eigenvalue weighted by Crippen LogP contribution is -2.34. The van der Waals surface area contributed by atoms with Crippen LogP contribution in [0.15, 0.2) is 46.9 Å². The van der Waals surface area contributed by atoms with Crippen LogP contribution in [0.3, 0.4) is 0 Å². The highest BCUT2D eigenvalue weighted by Crippen LogP contribution is 2.34. The number of amides is 3. The van der Waals surface area contributed by atoms with Crippen LogP contribution in [0.25, 0.3) is 6.08 Å². The summed E-state index contributed by atoms with van der Waals surface area (Å²) in [4.78, 5) is 24.0. The van der Waals surface area contributed by atoms with E-state index in [-0.39, 0.29) is 26.9 Å². The average molecular weight is 482 g/mol. The van der Waals surface area contributed by atoms with Crippen molar-refractivity contribution in [2.24, 2.45) is 0 Å². The molecular formula is C17H10BrCl2F3N2O2. The summed E-state index contributed by atoms with van der Waals surface area (Å²) in [7, 11) is 0. The number of imide groups is 1. The molecule has 0 saturated carbocycles. The Balaban J connectivity index is 2.13. The van der Waals surface area contributed by atoms with Gasteiger partial charge in [0.05, 0.1) is 15.1 Å². The molecule has 0 spiro atoms. The van der Waals surface area contributed by atoms with Gasteiger partial charge >= 0.3 is 12.2 Å². The smallest absolute Gasteiger partial charge is 0.308 e. The van der Waals surface area contributed by atoms with E-state index < -0.39 is 22.6 Å². The largest absolute Gasteiger partial charge is 0.422 e. The zero-order valence-corrected chi connectivity index (χ0v) is 16.3. The summed E-state index contributed by atoms with van der Waals surface area (Å²) in [5.74, 6) is -0.730. The van der Waals surface area contributed by atoms with Crippen molar-refractivity contribution >= 4 is 62.8 Å². The van der Waals surface area contributed by atoms with E-state index in [1.54, 1.807) is 12.1 Å². The first kappa shape index (κ1) is 21.3. The SMILES string of the molecule is O=C(NC(=O)c1ccccc1Cl)Nc1ccc(Cl)c(/C=C(\Br)C(F)(F)F)c1. The van der Waals surface area contributed by atoms with Gasteiger partial charge in [0.25, 0.3) is 5.91 Å². The summed E-state index contributed by atoms with van der Waals surface area (Å²) >= 11 is 14.2. The van der Waals surface area contributed by atoms with Gasteiger partial charge in [0, 0.05) is 10.7 Å². The van der Waals surface area contributed by atoms with Gasteiger partial charge in [-0.15, -0.1) is 0 Å². The van der Waals surface area contributed by atoms with Crippen LogP contribution in [0.2, 0.25) is 10.0 Å². The first-order valence-corrected chi connectivity index (χ1v) is 8.73. The second-order valence-corrected chi connectivity index (χ2v) is 6.78. The molecule has 10 heteroatoms. The van der Waals surface area contributed by atoms with Gasteiger partial charge < -0.3 is 5.32 Å². The molecule has 142 valence electrons. The molecule has 0 heterocycles. The minimum absolute atomic E-state index is 0.0242. The molecule has 0 bridgehead atoms. The van der Waals surface area contributed by atoms with Crippen LogP contribution in [0.5, 0.6) is 0 Å². The highest BCUT2D eigenvalue weighted by Gasteiger charge is 2.31. The lowest BCUT2D eigenvalue weighted by atomic mass is 10.2. The van der Waals surface area contributed by atoms with E-state index in [1.165, 1.54) is 30.3 Å². The number of hydrogen-bond acceptors (Lipinski definition) is 2. The third-order valence-corrected chi connectivity index (χ3v) is 4.50. The molecule has 0 aromatic heterocycles. The minimum Gasteiger partial charge on any atom is -0.308 e. The van der Waals surface area contributed by atoms with Crippen molar-refractivity contribution < 1.29 is 22.8 Å². The fourth-order valence-electron chi connectivity index (χ4n) is 1.93. The zero-order valence-electron chi connectivity index (χ0n) is 13.2. The average Bonchev–Trinajstić information content (AvgIpc) is 2.57. The zero-order chi connectivity index (χ0) is 20.2. The third kappa shape index (κ3) is 5.98. The van der Waals surface area contributed by atoms with Crippen LogP contribution in [-0.2, 0) is 0 Å². The van der Waals surface area contributed by atoms with Crippen molar-refractivity contribution in [3.05, 3.63) is 68.1 Å². The van der Waals surface area contributed by atoms with Gasteiger partial charge in [0.1, 0.15) is 0 Å². The number of anilines is 1. The number of hydrogen-bond donors (Lipinski definition) is 2. The van der Waals surface area contributed by atoms with Gasteiger partial charge in [-0.05, 0) is 57.9 Å². The molecule has 2 N–H and O–H groups in total. The van der Waals surface area contributed by atoms with Gasteiger partial charge in [-0.3, -0.25) is 10.1 Å². The number of nitrogens with one attached hydrogen (secondary N) is 2. The Hall–Kier alpha value is -2.03. The summed E-state index contributed by atoms with van der Waals surface area (Å²) in [6.07, 6.45) is -3.80. The molecule has 4 nitrogen and oxygen atoms in total. The summed E-state index contributed by atoms with van der Waals surface area (Å²) in [5, 5.41) is 4.63. The van der Waals surface area contributed by atoms with Crippen LogP contribution in [-0.4, -0.2) is 18.1 Å². The van der Waals surface area contributed by atoms with E-state index in [2.05, 4.69) is 26.6 Å². The van der Waals surface area contributed by atoms with Crippen molar-refractivity contribution in [2.75, 3.05) is 5.32 Å². The van der Waals surface area contributed by atoms with Crippen molar-refractivity contribution in [3.8, 4) is 0 Å². The maximum atomic E-state index is 12.6. The normalized spacial score (nSPS) is 11.9. The predicted molar refractivity (Wildman–Crippen MR) is 102 cm³/mol. The summed E-state index contributed by atoms with van der Waals surface area (Å²) in [5.41, 5.74) is 0.261. The number of rotatable bonds is 3. The van der Waals surface area contributed by atoms with Gasteiger partial charge in [0.15, 0.2) is 0 Å². The molecular weight excluding hydrogens is 472 g/mol. The van der Waals surface area contributed by atoms with E-state index in [4.69, 9.17) is 23.2 Å². The molecule has 27 heavy (non-hydrogen) atoms. The Bertz CT molecular complexity index is 917. The highest BCUT2D eigenvalue weighted by atomic mass is 79.9. The Morgan fingerprint density at radius 1 is 1.04 bits per heavy atom. The van der Waals surface area contributed by atoms with Crippen molar-refractivity contribution in [3.63, 3.8) is 0 Å². The fourth-order valence-corrected chi connectivity index (χ4v) is 2.57. The van der Waals surface area contributed by atoms with Crippen LogP contribution in [0.4, 0.5) is 23.7 Å². The van der Waals surface area contributed by atoms with E-state index in [0.717, 1.165) is 6.08 Å². The second kappa shape index (κ2) is 8.77. The molecule has 0 radical (unpaired) electrons. The van der Waals surface area contributed by atoms with Crippen LogP contribution < -0.4 is 10.6 Å².